The van der Waals surface area contributed by atoms with E-state index >= 15 is 0 Å². The third kappa shape index (κ3) is 2.89. The van der Waals surface area contributed by atoms with Gasteiger partial charge in [-0.3, -0.25) is 4.98 Å². The van der Waals surface area contributed by atoms with Crippen molar-refractivity contribution in [2.24, 2.45) is 0 Å². The van der Waals surface area contributed by atoms with E-state index in [9.17, 15) is 4.39 Å². The summed E-state index contributed by atoms with van der Waals surface area (Å²) in [6, 6.07) is 10.8. The first-order chi connectivity index (χ1) is 11.7. The maximum absolute atomic E-state index is 13.7. The van der Waals surface area contributed by atoms with Crippen LogP contribution >= 0.6 is 0 Å². The Morgan fingerprint density at radius 2 is 2.12 bits per heavy atom. The molecule has 24 heavy (non-hydrogen) atoms. The van der Waals surface area contributed by atoms with Gasteiger partial charge in [-0.2, -0.15) is 0 Å². The van der Waals surface area contributed by atoms with E-state index in [0.717, 1.165) is 47.8 Å². The fourth-order valence-corrected chi connectivity index (χ4v) is 3.11. The largest absolute Gasteiger partial charge is 0.440 e. The maximum atomic E-state index is 13.7. The van der Waals surface area contributed by atoms with E-state index in [0.29, 0.717) is 12.4 Å². The molecular formula is C19H18FN3O. The van der Waals surface area contributed by atoms with Crippen molar-refractivity contribution in [3.8, 4) is 11.6 Å². The number of nitrogens with zero attached hydrogens (tertiary/aromatic N) is 3. The second-order valence-electron chi connectivity index (χ2n) is 6.12. The lowest BCUT2D eigenvalue weighted by Gasteiger charge is -2.22. The van der Waals surface area contributed by atoms with E-state index in [1.807, 2.05) is 31.2 Å². The van der Waals surface area contributed by atoms with Crippen molar-refractivity contribution in [1.29, 1.82) is 0 Å². The lowest BCUT2D eigenvalue weighted by atomic mass is 10.2. The van der Waals surface area contributed by atoms with Crippen LogP contribution < -0.4 is 4.90 Å². The van der Waals surface area contributed by atoms with Crippen LogP contribution in [-0.2, 0) is 13.0 Å². The van der Waals surface area contributed by atoms with Crippen molar-refractivity contribution < 1.29 is 8.81 Å². The van der Waals surface area contributed by atoms with Crippen LogP contribution in [0, 0.1) is 12.7 Å². The van der Waals surface area contributed by atoms with Gasteiger partial charge < -0.3 is 9.32 Å². The van der Waals surface area contributed by atoms with Crippen LogP contribution in [0.25, 0.3) is 11.6 Å². The van der Waals surface area contributed by atoms with Crippen LogP contribution in [0.2, 0.25) is 0 Å². The number of fused-ring (bicyclic) bond motifs is 1. The van der Waals surface area contributed by atoms with E-state index in [1.54, 1.807) is 18.3 Å². The number of hydrogen-bond donors (Lipinski definition) is 0. The standard InChI is InChI=1S/C19H18FN3O/c1-13-9-14(20)11-15(10-13)23-8-4-6-18-17(12-23)22-19(24-18)16-5-2-3-7-21-16/h2-3,5,7,9-11H,4,6,8,12H2,1H3. The quantitative estimate of drug-likeness (QED) is 0.711. The van der Waals surface area contributed by atoms with Crippen LogP contribution in [0.1, 0.15) is 23.4 Å². The molecule has 2 aromatic heterocycles. The molecule has 3 heterocycles. The number of aryl methyl sites for hydroxylation is 2. The lowest BCUT2D eigenvalue weighted by Crippen LogP contribution is -2.23. The Kier molecular flexibility index (Phi) is 3.76. The fraction of sp³-hybridized carbons (Fsp3) is 0.263. The summed E-state index contributed by atoms with van der Waals surface area (Å²) in [6.07, 6.45) is 3.51. The predicted molar refractivity (Wildman–Crippen MR) is 90.2 cm³/mol. The molecule has 0 bridgehead atoms. The Morgan fingerprint density at radius 1 is 1.21 bits per heavy atom. The summed E-state index contributed by atoms with van der Waals surface area (Å²) in [5, 5.41) is 0. The third-order valence-electron chi connectivity index (χ3n) is 4.23. The van der Waals surface area contributed by atoms with E-state index in [4.69, 9.17) is 4.42 Å². The molecule has 1 aromatic carbocycles. The molecule has 0 unspecified atom stereocenters. The third-order valence-corrected chi connectivity index (χ3v) is 4.23. The van der Waals surface area contributed by atoms with Crippen molar-refractivity contribution in [1.82, 2.24) is 9.97 Å². The summed E-state index contributed by atoms with van der Waals surface area (Å²) in [5.41, 5.74) is 3.46. The molecule has 0 aliphatic carbocycles. The number of aromatic nitrogens is 2. The normalized spacial score (nSPS) is 14.3. The zero-order valence-electron chi connectivity index (χ0n) is 13.5. The molecule has 3 aromatic rings. The smallest absolute Gasteiger partial charge is 0.245 e. The number of oxazole rings is 1. The van der Waals surface area contributed by atoms with E-state index in [-0.39, 0.29) is 5.82 Å². The highest BCUT2D eigenvalue weighted by Crippen LogP contribution is 2.28. The van der Waals surface area contributed by atoms with Crippen LogP contribution in [0.15, 0.2) is 47.0 Å². The van der Waals surface area contributed by atoms with Crippen LogP contribution in [0.4, 0.5) is 10.1 Å². The average molecular weight is 323 g/mol. The minimum Gasteiger partial charge on any atom is -0.440 e. The Balaban J connectivity index is 1.66. The van der Waals surface area contributed by atoms with Gasteiger partial charge in [0.05, 0.1) is 6.54 Å². The molecule has 0 amide bonds. The predicted octanol–water partition coefficient (Wildman–Crippen LogP) is 4.14. The molecule has 4 rings (SSSR count). The Labute approximate surface area is 140 Å². The van der Waals surface area contributed by atoms with Crippen LogP contribution in [0.5, 0.6) is 0 Å². The molecule has 122 valence electrons. The molecule has 4 nitrogen and oxygen atoms in total. The van der Waals surface area contributed by atoms with Gasteiger partial charge in [-0.15, -0.1) is 0 Å². The minimum atomic E-state index is -0.205. The maximum Gasteiger partial charge on any atom is 0.245 e. The molecular weight excluding hydrogens is 305 g/mol. The molecule has 0 spiro atoms. The second-order valence-corrected chi connectivity index (χ2v) is 6.12. The van der Waals surface area contributed by atoms with Crippen LogP contribution in [0.3, 0.4) is 0 Å². The second kappa shape index (κ2) is 6.07. The first-order valence-corrected chi connectivity index (χ1v) is 8.11. The first kappa shape index (κ1) is 14.9. The summed E-state index contributed by atoms with van der Waals surface area (Å²) < 4.78 is 19.7. The highest BCUT2D eigenvalue weighted by molar-refractivity contribution is 5.51. The van der Waals surface area contributed by atoms with Gasteiger partial charge in [0.15, 0.2) is 0 Å². The SMILES string of the molecule is Cc1cc(F)cc(N2CCCc3oc(-c4ccccn4)nc3C2)c1. The summed E-state index contributed by atoms with van der Waals surface area (Å²) in [5.74, 6) is 1.26. The zero-order chi connectivity index (χ0) is 16.5. The first-order valence-electron chi connectivity index (χ1n) is 8.11. The molecule has 0 fully saturated rings. The summed E-state index contributed by atoms with van der Waals surface area (Å²) in [6.45, 7) is 3.38. The van der Waals surface area contributed by atoms with Crippen molar-refractivity contribution in [2.75, 3.05) is 11.4 Å². The molecule has 1 aliphatic heterocycles. The van der Waals surface area contributed by atoms with Gasteiger partial charge in [-0.25, -0.2) is 9.37 Å². The number of hydrogen-bond acceptors (Lipinski definition) is 4. The van der Waals surface area contributed by atoms with Crippen molar-refractivity contribution >= 4 is 5.69 Å². The van der Waals surface area contributed by atoms with E-state index < -0.39 is 0 Å². The topological polar surface area (TPSA) is 42.2 Å². The van der Waals surface area contributed by atoms with Gasteiger partial charge in [0, 0.05) is 24.8 Å². The molecule has 1 aliphatic rings. The summed E-state index contributed by atoms with van der Waals surface area (Å²) >= 11 is 0. The summed E-state index contributed by atoms with van der Waals surface area (Å²) in [7, 11) is 0. The van der Waals surface area contributed by atoms with Gasteiger partial charge in [0.25, 0.3) is 0 Å². The van der Waals surface area contributed by atoms with Crippen molar-refractivity contribution in [3.05, 3.63) is 65.4 Å². The number of rotatable bonds is 2. The van der Waals surface area contributed by atoms with Crippen molar-refractivity contribution in [3.63, 3.8) is 0 Å². The van der Waals surface area contributed by atoms with Crippen molar-refractivity contribution in [2.45, 2.75) is 26.3 Å². The number of anilines is 1. The minimum absolute atomic E-state index is 0.205. The Hall–Kier alpha value is -2.69. The Morgan fingerprint density at radius 3 is 2.92 bits per heavy atom. The van der Waals surface area contributed by atoms with Gasteiger partial charge >= 0.3 is 0 Å². The zero-order valence-corrected chi connectivity index (χ0v) is 13.5. The average Bonchev–Trinajstić information content (AvgIpc) is 2.86. The monoisotopic (exact) mass is 323 g/mol. The van der Waals surface area contributed by atoms with E-state index in [1.165, 1.54) is 0 Å². The molecule has 0 atom stereocenters. The molecule has 0 N–H and O–H groups in total. The molecule has 0 saturated carbocycles. The summed E-state index contributed by atoms with van der Waals surface area (Å²) in [4.78, 5) is 11.1. The number of pyridine rings is 1. The fourth-order valence-electron chi connectivity index (χ4n) is 3.11. The molecule has 5 heteroatoms. The van der Waals surface area contributed by atoms with Gasteiger partial charge in [-0.05, 0) is 49.2 Å². The Bertz CT molecular complexity index is 840. The van der Waals surface area contributed by atoms with Gasteiger partial charge in [0.1, 0.15) is 23.0 Å². The number of benzene rings is 1. The highest BCUT2D eigenvalue weighted by Gasteiger charge is 2.22. The lowest BCUT2D eigenvalue weighted by molar-refractivity contribution is 0.511. The van der Waals surface area contributed by atoms with Gasteiger partial charge in [0.2, 0.25) is 5.89 Å². The molecule has 0 saturated heterocycles. The van der Waals surface area contributed by atoms with Gasteiger partial charge in [-0.1, -0.05) is 6.07 Å². The van der Waals surface area contributed by atoms with E-state index in [2.05, 4.69) is 14.9 Å². The number of halogens is 1. The highest BCUT2D eigenvalue weighted by atomic mass is 19.1. The van der Waals surface area contributed by atoms with Crippen LogP contribution in [-0.4, -0.2) is 16.5 Å². The molecule has 0 radical (unpaired) electrons.